The van der Waals surface area contributed by atoms with Crippen molar-refractivity contribution in [3.8, 4) is 0 Å². The number of anilines is 1. The Morgan fingerprint density at radius 1 is 0.966 bits per heavy atom. The molecular formula is C23H33F2N3O. The number of alkyl halides is 2. The number of nitrogens with zero attached hydrogens (tertiary/aromatic N) is 2. The largest absolute Gasteiger partial charge is 0.365 e. The van der Waals surface area contributed by atoms with Crippen LogP contribution in [0.4, 0.5) is 14.6 Å². The molecule has 2 aliphatic carbocycles. The number of pyridine rings is 1. The van der Waals surface area contributed by atoms with Gasteiger partial charge in [0, 0.05) is 37.5 Å². The van der Waals surface area contributed by atoms with Crippen LogP contribution in [0.1, 0.15) is 111 Å². The van der Waals surface area contributed by atoms with Crippen molar-refractivity contribution >= 4 is 11.7 Å². The lowest BCUT2D eigenvalue weighted by molar-refractivity contribution is -0.0221. The van der Waals surface area contributed by atoms with Crippen LogP contribution in [0.15, 0.2) is 6.07 Å². The van der Waals surface area contributed by atoms with E-state index in [0.717, 1.165) is 31.4 Å². The average molecular weight is 406 g/mol. The Hall–Kier alpha value is -1.72. The summed E-state index contributed by atoms with van der Waals surface area (Å²) in [6.07, 6.45) is 11.5. The molecule has 2 N–H and O–H groups in total. The Morgan fingerprint density at radius 3 is 2.07 bits per heavy atom. The lowest BCUT2D eigenvalue weighted by Gasteiger charge is -2.35. The van der Waals surface area contributed by atoms with E-state index in [1.54, 1.807) is 0 Å². The molecule has 2 saturated carbocycles. The fraction of sp³-hybridized carbons (Fsp3) is 0.739. The molecule has 1 aromatic rings. The maximum Gasteiger partial charge on any atom is 0.252 e. The number of amides is 1. The summed E-state index contributed by atoms with van der Waals surface area (Å²) >= 11 is 0. The van der Waals surface area contributed by atoms with Crippen LogP contribution in [0.25, 0.3) is 0 Å². The normalized spacial score (nSPS) is 23.9. The van der Waals surface area contributed by atoms with Crippen LogP contribution in [0.2, 0.25) is 0 Å². The highest BCUT2D eigenvalue weighted by Gasteiger charge is 2.36. The topological polar surface area (TPSA) is 59.2 Å². The molecule has 160 valence electrons. The molecule has 3 aliphatic rings. The number of rotatable bonds is 4. The van der Waals surface area contributed by atoms with Gasteiger partial charge in [0.1, 0.15) is 5.82 Å². The van der Waals surface area contributed by atoms with Gasteiger partial charge in [-0.3, -0.25) is 4.79 Å². The third kappa shape index (κ3) is 4.56. The van der Waals surface area contributed by atoms with Crippen LogP contribution in [0, 0.1) is 0 Å². The van der Waals surface area contributed by atoms with Crippen LogP contribution in [-0.2, 0) is 0 Å². The van der Waals surface area contributed by atoms with Crippen molar-refractivity contribution < 1.29 is 13.6 Å². The second-order valence-electron chi connectivity index (χ2n) is 9.21. The zero-order valence-electron chi connectivity index (χ0n) is 17.3. The highest BCUT2D eigenvalue weighted by molar-refractivity contribution is 5.98. The minimum atomic E-state index is -2.63. The predicted molar refractivity (Wildman–Crippen MR) is 111 cm³/mol. The summed E-state index contributed by atoms with van der Waals surface area (Å²) in [5, 5.41) is 0. The minimum absolute atomic E-state index is 0.198. The monoisotopic (exact) mass is 405 g/mol. The van der Waals surface area contributed by atoms with E-state index >= 15 is 0 Å². The van der Waals surface area contributed by atoms with Gasteiger partial charge in [-0.25, -0.2) is 13.8 Å². The van der Waals surface area contributed by atoms with Gasteiger partial charge in [0.05, 0.1) is 5.56 Å². The molecule has 1 aliphatic heterocycles. The maximum atomic E-state index is 13.7. The van der Waals surface area contributed by atoms with E-state index in [1.165, 1.54) is 44.1 Å². The summed E-state index contributed by atoms with van der Waals surface area (Å²) in [7, 11) is 0. The highest BCUT2D eigenvalue weighted by Crippen LogP contribution is 2.42. The Kier molecular flexibility index (Phi) is 6.07. The lowest BCUT2D eigenvalue weighted by atomic mass is 9.77. The molecule has 3 fully saturated rings. The van der Waals surface area contributed by atoms with Gasteiger partial charge in [-0.1, -0.05) is 38.5 Å². The number of nitrogens with two attached hydrogens (primary N) is 1. The molecule has 4 nitrogen and oxygen atoms in total. The first kappa shape index (κ1) is 20.5. The van der Waals surface area contributed by atoms with E-state index in [2.05, 4.69) is 0 Å². The SMILES string of the molecule is NC(=O)c1cc(C2CCCCC2)c(C2CCCCC2)nc1N1CCC(F)(F)CC1. The van der Waals surface area contributed by atoms with Gasteiger partial charge in [0.25, 0.3) is 11.8 Å². The van der Waals surface area contributed by atoms with Crippen molar-refractivity contribution in [3.05, 3.63) is 22.9 Å². The molecule has 6 heteroatoms. The van der Waals surface area contributed by atoms with E-state index in [9.17, 15) is 13.6 Å². The van der Waals surface area contributed by atoms with E-state index in [4.69, 9.17) is 10.7 Å². The molecule has 4 rings (SSSR count). The van der Waals surface area contributed by atoms with Crippen molar-refractivity contribution in [2.45, 2.75) is 94.8 Å². The van der Waals surface area contributed by atoms with Crippen molar-refractivity contribution in [3.63, 3.8) is 0 Å². The molecule has 0 radical (unpaired) electrons. The Morgan fingerprint density at radius 2 is 1.52 bits per heavy atom. The number of carbonyl (C=O) groups is 1. The maximum absolute atomic E-state index is 13.7. The van der Waals surface area contributed by atoms with Crippen LogP contribution in [-0.4, -0.2) is 29.9 Å². The number of piperidine rings is 1. The van der Waals surface area contributed by atoms with Crippen LogP contribution in [0.5, 0.6) is 0 Å². The second-order valence-corrected chi connectivity index (χ2v) is 9.21. The molecule has 1 saturated heterocycles. The van der Waals surface area contributed by atoms with Crippen LogP contribution < -0.4 is 10.6 Å². The van der Waals surface area contributed by atoms with Crippen LogP contribution >= 0.6 is 0 Å². The van der Waals surface area contributed by atoms with Crippen molar-refractivity contribution in [1.82, 2.24) is 4.98 Å². The molecular weight excluding hydrogens is 372 g/mol. The lowest BCUT2D eigenvalue weighted by Crippen LogP contribution is -2.41. The molecule has 1 amide bonds. The second kappa shape index (κ2) is 8.57. The van der Waals surface area contributed by atoms with Crippen LogP contribution in [0.3, 0.4) is 0 Å². The number of aromatic nitrogens is 1. The summed E-state index contributed by atoms with van der Waals surface area (Å²) in [5.41, 5.74) is 8.48. The standard InChI is InChI=1S/C23H33F2N3O/c24-23(25)11-13-28(14-12-23)22-19(21(26)29)15-18(16-7-3-1-4-8-16)20(27-22)17-9-5-2-6-10-17/h15-17H,1-14H2,(H2,26,29). The van der Waals surface area contributed by atoms with Crippen molar-refractivity contribution in [2.24, 2.45) is 5.73 Å². The van der Waals surface area contributed by atoms with Gasteiger partial charge in [0.15, 0.2) is 0 Å². The van der Waals surface area contributed by atoms with Gasteiger partial charge in [-0.05, 0) is 43.2 Å². The molecule has 0 bridgehead atoms. The molecule has 0 unspecified atom stereocenters. The Balaban J connectivity index is 1.74. The number of hydrogen-bond acceptors (Lipinski definition) is 3. The zero-order valence-corrected chi connectivity index (χ0v) is 17.3. The first-order valence-corrected chi connectivity index (χ1v) is 11.4. The molecule has 0 atom stereocenters. The Bertz CT molecular complexity index is 730. The minimum Gasteiger partial charge on any atom is -0.365 e. The fourth-order valence-electron chi connectivity index (χ4n) is 5.44. The molecule has 1 aromatic heterocycles. The number of carbonyl (C=O) groups excluding carboxylic acids is 1. The van der Waals surface area contributed by atoms with Gasteiger partial charge in [-0.2, -0.15) is 0 Å². The number of hydrogen-bond donors (Lipinski definition) is 1. The fourth-order valence-corrected chi connectivity index (χ4v) is 5.44. The molecule has 29 heavy (non-hydrogen) atoms. The molecule has 2 heterocycles. The summed E-state index contributed by atoms with van der Waals surface area (Å²) < 4.78 is 27.4. The van der Waals surface area contributed by atoms with Crippen molar-refractivity contribution in [1.29, 1.82) is 0 Å². The first-order chi connectivity index (χ1) is 13.9. The third-order valence-corrected chi connectivity index (χ3v) is 7.16. The smallest absolute Gasteiger partial charge is 0.252 e. The predicted octanol–water partition coefficient (Wildman–Crippen LogP) is 5.51. The summed E-state index contributed by atoms with van der Waals surface area (Å²) in [4.78, 5) is 19.2. The van der Waals surface area contributed by atoms with Crippen molar-refractivity contribution in [2.75, 3.05) is 18.0 Å². The first-order valence-electron chi connectivity index (χ1n) is 11.4. The van der Waals surface area contributed by atoms with E-state index in [1.807, 2.05) is 11.0 Å². The molecule has 0 aromatic carbocycles. The van der Waals surface area contributed by atoms with Gasteiger partial charge >= 0.3 is 0 Å². The van der Waals surface area contributed by atoms with E-state index in [0.29, 0.717) is 23.2 Å². The third-order valence-electron chi connectivity index (χ3n) is 7.16. The van der Waals surface area contributed by atoms with Gasteiger partial charge < -0.3 is 10.6 Å². The quantitative estimate of drug-likeness (QED) is 0.718. The number of halogens is 2. The summed E-state index contributed by atoms with van der Waals surface area (Å²) in [5.74, 6) is -1.75. The highest BCUT2D eigenvalue weighted by atomic mass is 19.3. The molecule has 0 spiro atoms. The Labute approximate surface area is 172 Å². The number of primary amides is 1. The van der Waals surface area contributed by atoms with E-state index in [-0.39, 0.29) is 25.9 Å². The van der Waals surface area contributed by atoms with E-state index < -0.39 is 11.8 Å². The summed E-state index contributed by atoms with van der Waals surface area (Å²) in [6.45, 7) is 0.431. The van der Waals surface area contributed by atoms with Gasteiger partial charge in [-0.15, -0.1) is 0 Å². The summed E-state index contributed by atoms with van der Waals surface area (Å²) in [6, 6.07) is 1.98. The average Bonchev–Trinajstić information content (AvgIpc) is 2.74. The van der Waals surface area contributed by atoms with Gasteiger partial charge in [0.2, 0.25) is 0 Å². The zero-order chi connectivity index (χ0) is 20.4.